The van der Waals surface area contributed by atoms with E-state index >= 15 is 0 Å². The first kappa shape index (κ1) is 14.5. The van der Waals surface area contributed by atoms with Crippen LogP contribution >= 0.6 is 0 Å². The van der Waals surface area contributed by atoms with Crippen molar-refractivity contribution >= 4 is 5.91 Å². The molecule has 22 heavy (non-hydrogen) atoms. The smallest absolute Gasteiger partial charge is 0.272 e. The zero-order valence-electron chi connectivity index (χ0n) is 12.6. The summed E-state index contributed by atoms with van der Waals surface area (Å²) in [5.74, 6) is -0.230. The number of fused-ring (bicyclic) bond motifs is 1. The van der Waals surface area contributed by atoms with Gasteiger partial charge in [-0.15, -0.1) is 0 Å². The number of nitrogens with zero attached hydrogens (tertiary/aromatic N) is 2. The Bertz CT molecular complexity index is 752. The van der Waals surface area contributed by atoms with Crippen molar-refractivity contribution in [3.05, 3.63) is 63.6 Å². The van der Waals surface area contributed by atoms with Gasteiger partial charge in [-0.3, -0.25) is 9.59 Å². The largest absolute Gasteiger partial charge is 0.344 e. The number of hydrogen-bond donors (Lipinski definition) is 1. The average molecular weight is 297 g/mol. The number of nitrogens with one attached hydrogen (secondary N) is 1. The van der Waals surface area contributed by atoms with Crippen molar-refractivity contribution in [2.24, 2.45) is 0 Å². The average Bonchev–Trinajstić information content (AvgIpc) is 2.93. The molecule has 0 unspecified atom stereocenters. The topological polar surface area (TPSA) is 64.0 Å². The van der Waals surface area contributed by atoms with Crippen LogP contribution in [0.2, 0.25) is 0 Å². The molecule has 0 spiro atoms. The van der Waals surface area contributed by atoms with Crippen molar-refractivity contribution in [2.45, 2.75) is 38.8 Å². The third-order valence-corrected chi connectivity index (χ3v) is 3.97. The van der Waals surface area contributed by atoms with Gasteiger partial charge < -0.3 is 5.32 Å². The van der Waals surface area contributed by atoms with E-state index in [4.69, 9.17) is 0 Å². The van der Waals surface area contributed by atoms with Crippen LogP contribution in [0, 0.1) is 0 Å². The highest BCUT2D eigenvalue weighted by Gasteiger charge is 2.24. The number of aromatic nitrogens is 2. The molecule has 1 aliphatic rings. The van der Waals surface area contributed by atoms with E-state index in [0.29, 0.717) is 6.54 Å². The maximum atomic E-state index is 12.4. The van der Waals surface area contributed by atoms with Crippen molar-refractivity contribution in [3.8, 4) is 0 Å². The number of benzene rings is 1. The minimum Gasteiger partial charge on any atom is -0.344 e. The van der Waals surface area contributed by atoms with Crippen LogP contribution in [-0.2, 0) is 13.0 Å². The molecule has 3 rings (SSSR count). The third kappa shape index (κ3) is 2.79. The Morgan fingerprint density at radius 1 is 1.32 bits per heavy atom. The fraction of sp³-hybridized carbons (Fsp3) is 0.353. The molecule has 0 radical (unpaired) electrons. The summed E-state index contributed by atoms with van der Waals surface area (Å²) in [5.41, 5.74) is 2.58. The van der Waals surface area contributed by atoms with Crippen LogP contribution in [0.3, 0.4) is 0 Å². The first-order valence-electron chi connectivity index (χ1n) is 7.66. The molecule has 1 aromatic heterocycles. The lowest BCUT2D eigenvalue weighted by molar-refractivity contribution is 0.0929. The molecule has 114 valence electrons. The Morgan fingerprint density at radius 2 is 2.14 bits per heavy atom. The maximum Gasteiger partial charge on any atom is 0.272 e. The molecular formula is C17H19N3O2. The summed E-state index contributed by atoms with van der Waals surface area (Å²) in [6.45, 7) is 2.49. The molecule has 1 aromatic carbocycles. The summed E-state index contributed by atoms with van der Waals surface area (Å²) in [4.78, 5) is 24.1. The Kier molecular flexibility index (Phi) is 4.04. The van der Waals surface area contributed by atoms with Gasteiger partial charge in [0.25, 0.3) is 11.5 Å². The fourth-order valence-electron chi connectivity index (χ4n) is 2.88. The van der Waals surface area contributed by atoms with E-state index in [2.05, 4.69) is 22.5 Å². The van der Waals surface area contributed by atoms with Gasteiger partial charge in [-0.2, -0.15) is 5.10 Å². The Balaban J connectivity index is 1.78. The lowest BCUT2D eigenvalue weighted by Crippen LogP contribution is -2.31. The Labute approximate surface area is 129 Å². The molecule has 0 aliphatic heterocycles. The quantitative estimate of drug-likeness (QED) is 0.939. The molecule has 0 fully saturated rings. The van der Waals surface area contributed by atoms with E-state index in [0.717, 1.165) is 19.3 Å². The number of carbonyl (C=O) groups is 1. The van der Waals surface area contributed by atoms with Gasteiger partial charge in [0.15, 0.2) is 0 Å². The SMILES string of the molecule is CCCn1nc(C(=O)N[C@H]2CCc3ccccc32)ccc1=O. The molecule has 1 N–H and O–H groups in total. The Hall–Kier alpha value is -2.43. The van der Waals surface area contributed by atoms with Gasteiger partial charge in [-0.25, -0.2) is 4.68 Å². The normalized spacial score (nSPS) is 16.3. The Morgan fingerprint density at radius 3 is 2.95 bits per heavy atom. The minimum absolute atomic E-state index is 0.0250. The molecule has 1 amide bonds. The van der Waals surface area contributed by atoms with Crippen LogP contribution in [0.15, 0.2) is 41.2 Å². The molecule has 1 atom stereocenters. The van der Waals surface area contributed by atoms with Crippen molar-refractivity contribution in [2.75, 3.05) is 0 Å². The summed E-state index contributed by atoms with van der Waals surface area (Å²) in [5, 5.41) is 7.18. The van der Waals surface area contributed by atoms with Gasteiger partial charge in [-0.05, 0) is 36.5 Å². The van der Waals surface area contributed by atoms with Crippen LogP contribution < -0.4 is 10.9 Å². The zero-order chi connectivity index (χ0) is 15.5. The van der Waals surface area contributed by atoms with E-state index in [1.54, 1.807) is 0 Å². The van der Waals surface area contributed by atoms with E-state index in [1.165, 1.54) is 27.9 Å². The van der Waals surface area contributed by atoms with Gasteiger partial charge in [0.1, 0.15) is 5.69 Å². The maximum absolute atomic E-state index is 12.4. The number of aryl methyl sites for hydroxylation is 2. The second-order valence-corrected chi connectivity index (χ2v) is 5.54. The minimum atomic E-state index is -0.230. The van der Waals surface area contributed by atoms with E-state index < -0.39 is 0 Å². The standard InChI is InChI=1S/C17H19N3O2/c1-2-11-20-16(21)10-9-15(19-20)17(22)18-14-8-7-12-5-3-4-6-13(12)14/h3-6,9-10,14H,2,7-8,11H2,1H3,(H,18,22)/t14-/m0/s1. The molecule has 0 saturated carbocycles. The first-order valence-corrected chi connectivity index (χ1v) is 7.66. The molecule has 0 saturated heterocycles. The van der Waals surface area contributed by atoms with Crippen molar-refractivity contribution in [1.29, 1.82) is 0 Å². The van der Waals surface area contributed by atoms with E-state index in [-0.39, 0.29) is 23.2 Å². The van der Waals surface area contributed by atoms with Crippen LogP contribution in [0.1, 0.15) is 47.4 Å². The van der Waals surface area contributed by atoms with Crippen LogP contribution in [0.25, 0.3) is 0 Å². The number of amides is 1. The molecule has 2 aromatic rings. The summed E-state index contributed by atoms with van der Waals surface area (Å²) in [6, 6.07) is 11.1. The second kappa shape index (κ2) is 6.13. The van der Waals surface area contributed by atoms with E-state index in [1.807, 2.05) is 19.1 Å². The third-order valence-electron chi connectivity index (χ3n) is 3.97. The second-order valence-electron chi connectivity index (χ2n) is 5.54. The van der Waals surface area contributed by atoms with Gasteiger partial charge in [0, 0.05) is 12.6 Å². The first-order chi connectivity index (χ1) is 10.7. The molecule has 5 nitrogen and oxygen atoms in total. The summed E-state index contributed by atoms with van der Waals surface area (Å²) >= 11 is 0. The molecule has 1 aliphatic carbocycles. The molecule has 5 heteroatoms. The highest BCUT2D eigenvalue weighted by molar-refractivity contribution is 5.92. The summed E-state index contributed by atoms with van der Waals surface area (Å²) in [7, 11) is 0. The van der Waals surface area contributed by atoms with Crippen LogP contribution in [-0.4, -0.2) is 15.7 Å². The lowest BCUT2D eigenvalue weighted by atomic mass is 10.1. The van der Waals surface area contributed by atoms with Crippen molar-refractivity contribution in [1.82, 2.24) is 15.1 Å². The lowest BCUT2D eigenvalue weighted by Gasteiger charge is -2.14. The highest BCUT2D eigenvalue weighted by Crippen LogP contribution is 2.30. The van der Waals surface area contributed by atoms with Gasteiger partial charge in [-0.1, -0.05) is 31.2 Å². The number of rotatable bonds is 4. The van der Waals surface area contributed by atoms with Crippen molar-refractivity contribution in [3.63, 3.8) is 0 Å². The zero-order valence-corrected chi connectivity index (χ0v) is 12.6. The van der Waals surface area contributed by atoms with E-state index in [9.17, 15) is 9.59 Å². The highest BCUT2D eigenvalue weighted by atomic mass is 16.2. The molecule has 1 heterocycles. The predicted octanol–water partition coefficient (Wildman–Crippen LogP) is 2.07. The number of carbonyl (C=O) groups excluding carboxylic acids is 1. The van der Waals surface area contributed by atoms with Gasteiger partial charge in [0.2, 0.25) is 0 Å². The monoisotopic (exact) mass is 297 g/mol. The van der Waals surface area contributed by atoms with Crippen molar-refractivity contribution < 1.29 is 4.79 Å². The summed E-state index contributed by atoms with van der Waals surface area (Å²) in [6.07, 6.45) is 2.68. The van der Waals surface area contributed by atoms with Crippen LogP contribution in [0.5, 0.6) is 0 Å². The van der Waals surface area contributed by atoms with Gasteiger partial charge in [0.05, 0.1) is 6.04 Å². The van der Waals surface area contributed by atoms with Gasteiger partial charge >= 0.3 is 0 Å². The molecular weight excluding hydrogens is 278 g/mol. The fourth-order valence-corrected chi connectivity index (χ4v) is 2.88. The number of hydrogen-bond acceptors (Lipinski definition) is 3. The summed E-state index contributed by atoms with van der Waals surface area (Å²) < 4.78 is 1.34. The van der Waals surface area contributed by atoms with Crippen LogP contribution in [0.4, 0.5) is 0 Å². The molecule has 0 bridgehead atoms. The predicted molar refractivity (Wildman–Crippen MR) is 83.8 cm³/mol.